The first kappa shape index (κ1) is 20.1. The lowest BCUT2D eigenvalue weighted by molar-refractivity contribution is -0.123. The van der Waals surface area contributed by atoms with E-state index in [1.165, 1.54) is 11.8 Å². The van der Waals surface area contributed by atoms with Crippen LogP contribution in [0.5, 0.6) is 11.5 Å². The molecule has 5 heteroatoms. The molecule has 3 rings (SSSR count). The lowest BCUT2D eigenvalue weighted by Crippen LogP contribution is -2.39. The Kier molecular flexibility index (Phi) is 6.63. The van der Waals surface area contributed by atoms with Gasteiger partial charge in [0.25, 0.3) is 0 Å². The third-order valence-electron chi connectivity index (χ3n) is 4.38. The Labute approximate surface area is 170 Å². The molecule has 0 aliphatic heterocycles. The number of anilines is 1. The van der Waals surface area contributed by atoms with Gasteiger partial charge in [0, 0.05) is 19.2 Å². The summed E-state index contributed by atoms with van der Waals surface area (Å²) in [6.07, 6.45) is 0. The number of ether oxygens (including phenoxy) is 1. The van der Waals surface area contributed by atoms with E-state index in [2.05, 4.69) is 5.32 Å². The fourth-order valence-corrected chi connectivity index (χ4v) is 2.93. The second-order valence-corrected chi connectivity index (χ2v) is 6.78. The van der Waals surface area contributed by atoms with Crippen LogP contribution in [0, 0.1) is 6.92 Å². The summed E-state index contributed by atoms with van der Waals surface area (Å²) in [7, 11) is 0. The van der Waals surface area contributed by atoms with Gasteiger partial charge in [0.15, 0.2) is 0 Å². The highest BCUT2D eigenvalue weighted by Gasteiger charge is 2.16. The maximum absolute atomic E-state index is 12.4. The number of hydrogen-bond acceptors (Lipinski definition) is 3. The number of nitrogens with zero attached hydrogens (tertiary/aromatic N) is 1. The average Bonchev–Trinajstić information content (AvgIpc) is 2.72. The fraction of sp³-hybridized carbons (Fsp3) is 0.167. The third kappa shape index (κ3) is 5.94. The Balaban J connectivity index is 1.61. The summed E-state index contributed by atoms with van der Waals surface area (Å²) in [6.45, 7) is 3.84. The van der Waals surface area contributed by atoms with Gasteiger partial charge in [-0.3, -0.25) is 9.59 Å². The molecule has 0 aliphatic carbocycles. The highest BCUT2D eigenvalue weighted by atomic mass is 16.5. The van der Waals surface area contributed by atoms with Gasteiger partial charge in [0.05, 0.1) is 0 Å². The maximum atomic E-state index is 12.4. The largest absolute Gasteiger partial charge is 0.457 e. The molecule has 0 saturated carbocycles. The Morgan fingerprint density at radius 3 is 2.24 bits per heavy atom. The quantitative estimate of drug-likeness (QED) is 0.650. The van der Waals surface area contributed by atoms with Crippen molar-refractivity contribution in [2.75, 3.05) is 11.4 Å². The van der Waals surface area contributed by atoms with Crippen LogP contribution in [0.15, 0.2) is 78.9 Å². The Morgan fingerprint density at radius 2 is 1.59 bits per heavy atom. The molecule has 3 aromatic rings. The molecule has 148 valence electrons. The van der Waals surface area contributed by atoms with Crippen LogP contribution in [0.25, 0.3) is 0 Å². The zero-order chi connectivity index (χ0) is 20.6. The number of aryl methyl sites for hydroxylation is 1. The minimum atomic E-state index is -0.216. The normalized spacial score (nSPS) is 10.3. The fourth-order valence-electron chi connectivity index (χ4n) is 2.93. The summed E-state index contributed by atoms with van der Waals surface area (Å²) in [5.41, 5.74) is 2.80. The molecule has 0 saturated heterocycles. The van der Waals surface area contributed by atoms with Crippen LogP contribution in [0.1, 0.15) is 18.1 Å². The van der Waals surface area contributed by atoms with E-state index >= 15 is 0 Å². The van der Waals surface area contributed by atoms with Crippen molar-refractivity contribution in [1.29, 1.82) is 0 Å². The van der Waals surface area contributed by atoms with Crippen molar-refractivity contribution >= 4 is 17.5 Å². The van der Waals surface area contributed by atoms with Crippen molar-refractivity contribution in [1.82, 2.24) is 5.32 Å². The van der Waals surface area contributed by atoms with Crippen molar-refractivity contribution in [2.24, 2.45) is 0 Å². The van der Waals surface area contributed by atoms with Crippen molar-refractivity contribution < 1.29 is 14.3 Å². The van der Waals surface area contributed by atoms with Gasteiger partial charge in [-0.15, -0.1) is 0 Å². The summed E-state index contributed by atoms with van der Waals surface area (Å²) in [5, 5.41) is 2.87. The van der Waals surface area contributed by atoms with Crippen LogP contribution in [0.2, 0.25) is 0 Å². The number of carbonyl (C=O) groups excluding carboxylic acids is 2. The summed E-state index contributed by atoms with van der Waals surface area (Å²) in [5.74, 6) is 0.977. The molecule has 2 amide bonds. The summed E-state index contributed by atoms with van der Waals surface area (Å²) in [4.78, 5) is 25.9. The second-order valence-electron chi connectivity index (χ2n) is 6.78. The van der Waals surface area contributed by atoms with Crippen molar-refractivity contribution in [3.63, 3.8) is 0 Å². The van der Waals surface area contributed by atoms with E-state index in [0.717, 1.165) is 16.9 Å². The topological polar surface area (TPSA) is 58.6 Å². The van der Waals surface area contributed by atoms with E-state index in [-0.39, 0.29) is 18.4 Å². The summed E-state index contributed by atoms with van der Waals surface area (Å²) >= 11 is 0. The number of rotatable bonds is 7. The van der Waals surface area contributed by atoms with Gasteiger partial charge in [-0.1, -0.05) is 48.0 Å². The first-order valence-electron chi connectivity index (χ1n) is 9.44. The molecule has 1 N–H and O–H groups in total. The lowest BCUT2D eigenvalue weighted by atomic mass is 10.1. The Morgan fingerprint density at radius 1 is 0.897 bits per heavy atom. The Hall–Kier alpha value is -3.60. The zero-order valence-corrected chi connectivity index (χ0v) is 16.6. The molecule has 0 aromatic heterocycles. The molecule has 5 nitrogen and oxygen atoms in total. The number of carbonyl (C=O) groups is 2. The SMILES string of the molecule is CC(=O)N(CC(=O)NCc1cccc(C)c1)c1ccc(Oc2ccccc2)cc1. The van der Waals surface area contributed by atoms with Crippen LogP contribution in [-0.4, -0.2) is 18.4 Å². The van der Waals surface area contributed by atoms with Gasteiger partial charge in [-0.25, -0.2) is 0 Å². The monoisotopic (exact) mass is 388 g/mol. The number of amides is 2. The molecular formula is C24H24N2O3. The molecule has 0 fully saturated rings. The van der Waals surface area contributed by atoms with Gasteiger partial charge in [0.2, 0.25) is 11.8 Å². The first-order valence-corrected chi connectivity index (χ1v) is 9.44. The van der Waals surface area contributed by atoms with Crippen LogP contribution < -0.4 is 15.0 Å². The van der Waals surface area contributed by atoms with Gasteiger partial charge >= 0.3 is 0 Å². The number of nitrogens with one attached hydrogen (secondary N) is 1. The molecule has 3 aromatic carbocycles. The van der Waals surface area contributed by atoms with Gasteiger partial charge in [0.1, 0.15) is 18.0 Å². The zero-order valence-electron chi connectivity index (χ0n) is 16.6. The number of hydrogen-bond donors (Lipinski definition) is 1. The molecule has 0 radical (unpaired) electrons. The average molecular weight is 388 g/mol. The van der Waals surface area contributed by atoms with E-state index in [1.54, 1.807) is 24.3 Å². The third-order valence-corrected chi connectivity index (χ3v) is 4.38. The van der Waals surface area contributed by atoms with Crippen LogP contribution >= 0.6 is 0 Å². The van der Waals surface area contributed by atoms with Crippen LogP contribution in [0.3, 0.4) is 0 Å². The van der Waals surface area contributed by atoms with Crippen LogP contribution in [0.4, 0.5) is 5.69 Å². The van der Waals surface area contributed by atoms with E-state index in [4.69, 9.17) is 4.74 Å². The molecule has 0 unspecified atom stereocenters. The molecule has 0 aliphatic rings. The summed E-state index contributed by atoms with van der Waals surface area (Å²) < 4.78 is 5.77. The number of benzene rings is 3. The predicted octanol–water partition coefficient (Wildman–Crippen LogP) is 4.46. The highest BCUT2D eigenvalue weighted by molar-refractivity contribution is 5.97. The molecule has 0 heterocycles. The number of para-hydroxylation sites is 1. The molecule has 0 atom stereocenters. The van der Waals surface area contributed by atoms with Gasteiger partial charge in [-0.2, -0.15) is 0 Å². The van der Waals surface area contributed by atoms with Crippen molar-refractivity contribution in [3.05, 3.63) is 90.0 Å². The highest BCUT2D eigenvalue weighted by Crippen LogP contribution is 2.24. The standard InChI is InChI=1S/C24H24N2O3/c1-18-7-6-8-20(15-18)16-25-24(28)17-26(19(2)27)21-11-13-23(14-12-21)29-22-9-4-3-5-10-22/h3-15H,16-17H2,1-2H3,(H,25,28). The van der Waals surface area contributed by atoms with Gasteiger partial charge < -0.3 is 15.0 Å². The van der Waals surface area contributed by atoms with E-state index in [9.17, 15) is 9.59 Å². The molecular weight excluding hydrogens is 364 g/mol. The van der Waals surface area contributed by atoms with Gasteiger partial charge in [-0.05, 0) is 48.9 Å². The molecule has 0 spiro atoms. The van der Waals surface area contributed by atoms with Crippen LogP contribution in [-0.2, 0) is 16.1 Å². The molecule has 0 bridgehead atoms. The smallest absolute Gasteiger partial charge is 0.240 e. The van der Waals surface area contributed by atoms with E-state index in [1.807, 2.05) is 61.5 Å². The predicted molar refractivity (Wildman–Crippen MR) is 114 cm³/mol. The lowest BCUT2D eigenvalue weighted by Gasteiger charge is -2.21. The minimum absolute atomic E-state index is 0.0416. The first-order chi connectivity index (χ1) is 14.0. The summed E-state index contributed by atoms with van der Waals surface area (Å²) in [6, 6.07) is 24.5. The van der Waals surface area contributed by atoms with Crippen molar-refractivity contribution in [2.45, 2.75) is 20.4 Å². The maximum Gasteiger partial charge on any atom is 0.240 e. The second kappa shape index (κ2) is 9.55. The van der Waals surface area contributed by atoms with Crippen molar-refractivity contribution in [3.8, 4) is 11.5 Å². The Bertz CT molecular complexity index is 969. The molecule has 29 heavy (non-hydrogen) atoms. The minimum Gasteiger partial charge on any atom is -0.457 e. The van der Waals surface area contributed by atoms with E-state index < -0.39 is 0 Å². The van der Waals surface area contributed by atoms with E-state index in [0.29, 0.717) is 18.0 Å².